The maximum Gasteiger partial charge on any atom is 0.280 e. The molecule has 0 unspecified atom stereocenters. The van der Waals surface area contributed by atoms with Gasteiger partial charge >= 0.3 is 0 Å². The molecule has 0 aliphatic heterocycles. The first-order valence-corrected chi connectivity index (χ1v) is 5.49. The summed E-state index contributed by atoms with van der Waals surface area (Å²) in [5.74, 6) is 1.37. The SMILES string of the molecule is CC(C)c1noc(-c2nc(Br)cnc2N)n1. The Morgan fingerprint density at radius 3 is 2.75 bits per heavy atom. The summed E-state index contributed by atoms with van der Waals surface area (Å²) < 4.78 is 5.65. The van der Waals surface area contributed by atoms with E-state index in [1.54, 1.807) is 0 Å². The molecule has 0 spiro atoms. The van der Waals surface area contributed by atoms with Crippen molar-refractivity contribution in [2.45, 2.75) is 19.8 Å². The average molecular weight is 284 g/mol. The van der Waals surface area contributed by atoms with Crippen LogP contribution >= 0.6 is 15.9 Å². The van der Waals surface area contributed by atoms with Gasteiger partial charge in [0.15, 0.2) is 17.3 Å². The summed E-state index contributed by atoms with van der Waals surface area (Å²) in [6.07, 6.45) is 1.51. The minimum atomic E-state index is 0.193. The lowest BCUT2D eigenvalue weighted by Gasteiger charge is -1.98. The lowest BCUT2D eigenvalue weighted by Crippen LogP contribution is -1.97. The van der Waals surface area contributed by atoms with Crippen molar-refractivity contribution < 1.29 is 4.52 Å². The third kappa shape index (κ3) is 2.04. The van der Waals surface area contributed by atoms with Gasteiger partial charge in [0.1, 0.15) is 4.60 Å². The van der Waals surface area contributed by atoms with Crippen LogP contribution in [0.15, 0.2) is 15.3 Å². The molecule has 0 aromatic carbocycles. The van der Waals surface area contributed by atoms with Crippen molar-refractivity contribution in [3.8, 4) is 11.6 Å². The fourth-order valence-electron chi connectivity index (χ4n) is 1.10. The maximum absolute atomic E-state index is 5.68. The zero-order chi connectivity index (χ0) is 11.7. The summed E-state index contributed by atoms with van der Waals surface area (Å²) in [4.78, 5) is 12.3. The molecule has 0 fully saturated rings. The highest BCUT2D eigenvalue weighted by Gasteiger charge is 2.16. The third-order valence-electron chi connectivity index (χ3n) is 1.93. The molecule has 2 heterocycles. The molecule has 2 N–H and O–H groups in total. The van der Waals surface area contributed by atoms with Gasteiger partial charge in [0.05, 0.1) is 6.20 Å². The predicted octanol–water partition coefficient (Wildman–Crippen LogP) is 1.99. The maximum atomic E-state index is 5.68. The van der Waals surface area contributed by atoms with Gasteiger partial charge in [-0.3, -0.25) is 0 Å². The number of aromatic nitrogens is 4. The Balaban J connectivity index is 2.46. The molecule has 0 amide bonds. The highest BCUT2D eigenvalue weighted by atomic mass is 79.9. The molecule has 0 aliphatic rings. The number of nitrogen functional groups attached to an aromatic ring is 1. The summed E-state index contributed by atoms with van der Waals surface area (Å²) >= 11 is 3.21. The van der Waals surface area contributed by atoms with Crippen molar-refractivity contribution >= 4 is 21.7 Å². The molecular formula is C9H10BrN5O. The van der Waals surface area contributed by atoms with Crippen LogP contribution < -0.4 is 5.73 Å². The van der Waals surface area contributed by atoms with Crippen molar-refractivity contribution in [2.75, 3.05) is 5.73 Å². The normalized spacial score (nSPS) is 11.0. The summed E-state index contributed by atoms with van der Waals surface area (Å²) in [5.41, 5.74) is 6.08. The number of rotatable bonds is 2. The number of hydrogen-bond acceptors (Lipinski definition) is 6. The van der Waals surface area contributed by atoms with E-state index in [0.717, 1.165) is 0 Å². The molecule has 2 rings (SSSR count). The molecule has 2 aromatic heterocycles. The summed E-state index contributed by atoms with van der Waals surface area (Å²) in [5, 5.41) is 3.84. The number of halogens is 1. The second-order valence-electron chi connectivity index (χ2n) is 3.54. The van der Waals surface area contributed by atoms with Crippen molar-refractivity contribution in [3.63, 3.8) is 0 Å². The van der Waals surface area contributed by atoms with Crippen LogP contribution in [0, 0.1) is 0 Å². The highest BCUT2D eigenvalue weighted by molar-refractivity contribution is 9.10. The van der Waals surface area contributed by atoms with E-state index in [1.165, 1.54) is 6.20 Å². The Bertz CT molecular complexity index is 510. The average Bonchev–Trinajstić information content (AvgIpc) is 2.70. The number of anilines is 1. The zero-order valence-corrected chi connectivity index (χ0v) is 10.4. The van der Waals surface area contributed by atoms with E-state index < -0.39 is 0 Å². The monoisotopic (exact) mass is 283 g/mol. The smallest absolute Gasteiger partial charge is 0.280 e. The van der Waals surface area contributed by atoms with Crippen molar-refractivity contribution in [3.05, 3.63) is 16.6 Å². The highest BCUT2D eigenvalue weighted by Crippen LogP contribution is 2.23. The first-order chi connectivity index (χ1) is 7.58. The first-order valence-electron chi connectivity index (χ1n) is 4.70. The van der Waals surface area contributed by atoms with E-state index in [0.29, 0.717) is 16.1 Å². The van der Waals surface area contributed by atoms with E-state index >= 15 is 0 Å². The van der Waals surface area contributed by atoms with E-state index in [1.807, 2.05) is 13.8 Å². The summed E-state index contributed by atoms with van der Waals surface area (Å²) in [7, 11) is 0. The Labute approximate surface area is 100 Å². The number of hydrogen-bond donors (Lipinski definition) is 1. The largest absolute Gasteiger partial charge is 0.382 e. The lowest BCUT2D eigenvalue weighted by atomic mass is 10.2. The summed E-state index contributed by atoms with van der Waals surface area (Å²) in [6, 6.07) is 0. The van der Waals surface area contributed by atoms with Gasteiger partial charge in [0.25, 0.3) is 5.89 Å². The molecule has 0 aliphatic carbocycles. The third-order valence-corrected chi connectivity index (χ3v) is 2.31. The number of nitrogens with two attached hydrogens (primary N) is 1. The Kier molecular flexibility index (Phi) is 2.86. The van der Waals surface area contributed by atoms with Crippen LogP contribution in [0.3, 0.4) is 0 Å². The van der Waals surface area contributed by atoms with Crippen molar-refractivity contribution in [1.29, 1.82) is 0 Å². The van der Waals surface area contributed by atoms with E-state index in [9.17, 15) is 0 Å². The van der Waals surface area contributed by atoms with Gasteiger partial charge in [-0.1, -0.05) is 19.0 Å². The Morgan fingerprint density at radius 2 is 2.12 bits per heavy atom. The van der Waals surface area contributed by atoms with Gasteiger partial charge in [0.2, 0.25) is 0 Å². The van der Waals surface area contributed by atoms with Gasteiger partial charge in [0, 0.05) is 5.92 Å². The Hall–Kier alpha value is -1.50. The second-order valence-corrected chi connectivity index (χ2v) is 4.35. The molecule has 0 atom stereocenters. The van der Waals surface area contributed by atoms with E-state index in [2.05, 4.69) is 36.0 Å². The fraction of sp³-hybridized carbons (Fsp3) is 0.333. The van der Waals surface area contributed by atoms with Gasteiger partial charge in [-0.05, 0) is 15.9 Å². The molecule has 0 saturated heterocycles. The van der Waals surface area contributed by atoms with Gasteiger partial charge in [-0.25, -0.2) is 9.97 Å². The molecule has 84 valence electrons. The molecule has 0 radical (unpaired) electrons. The fourth-order valence-corrected chi connectivity index (χ4v) is 1.38. The van der Waals surface area contributed by atoms with Crippen LogP contribution in [0.5, 0.6) is 0 Å². The van der Waals surface area contributed by atoms with Gasteiger partial charge < -0.3 is 10.3 Å². The van der Waals surface area contributed by atoms with Crippen LogP contribution in [0.4, 0.5) is 5.82 Å². The van der Waals surface area contributed by atoms with Gasteiger partial charge in [-0.15, -0.1) is 0 Å². The van der Waals surface area contributed by atoms with Gasteiger partial charge in [-0.2, -0.15) is 4.98 Å². The zero-order valence-electron chi connectivity index (χ0n) is 8.81. The molecule has 0 bridgehead atoms. The van der Waals surface area contributed by atoms with Crippen LogP contribution in [0.1, 0.15) is 25.6 Å². The van der Waals surface area contributed by atoms with Crippen LogP contribution in [-0.2, 0) is 0 Å². The van der Waals surface area contributed by atoms with E-state index in [4.69, 9.17) is 10.3 Å². The molecule has 0 saturated carbocycles. The van der Waals surface area contributed by atoms with Crippen LogP contribution in [0.2, 0.25) is 0 Å². The van der Waals surface area contributed by atoms with Crippen LogP contribution in [-0.4, -0.2) is 20.1 Å². The predicted molar refractivity (Wildman–Crippen MR) is 61.5 cm³/mol. The minimum Gasteiger partial charge on any atom is -0.382 e. The summed E-state index contributed by atoms with van der Waals surface area (Å²) in [6.45, 7) is 3.95. The molecular weight excluding hydrogens is 274 g/mol. The van der Waals surface area contributed by atoms with Crippen molar-refractivity contribution in [2.24, 2.45) is 0 Å². The Morgan fingerprint density at radius 1 is 1.38 bits per heavy atom. The quantitative estimate of drug-likeness (QED) is 0.906. The lowest BCUT2D eigenvalue weighted by molar-refractivity contribution is 0.418. The molecule has 7 heteroatoms. The standard InChI is InChI=1S/C9H10BrN5O/c1-4(2)8-14-9(16-15-8)6-7(11)12-3-5(10)13-6/h3-4H,1-2H3,(H2,11,12). The topological polar surface area (TPSA) is 90.7 Å². The second kappa shape index (κ2) is 4.17. The molecule has 6 nitrogen and oxygen atoms in total. The molecule has 16 heavy (non-hydrogen) atoms. The minimum absolute atomic E-state index is 0.193. The number of nitrogens with zero attached hydrogens (tertiary/aromatic N) is 4. The van der Waals surface area contributed by atoms with E-state index in [-0.39, 0.29) is 17.6 Å². The first kappa shape index (κ1) is 11.0. The molecule has 2 aromatic rings. The van der Waals surface area contributed by atoms with Crippen LogP contribution in [0.25, 0.3) is 11.6 Å². The van der Waals surface area contributed by atoms with Crippen molar-refractivity contribution in [1.82, 2.24) is 20.1 Å².